The molecule has 2 N–H and O–H groups in total. The molecule has 3 rings (SSSR count). The van der Waals surface area contributed by atoms with Gasteiger partial charge >= 0.3 is 0 Å². The number of nitrogens with two attached hydrogens (primary N) is 1. The molecule has 0 aliphatic carbocycles. The molecule has 0 atom stereocenters. The van der Waals surface area contributed by atoms with Crippen LogP contribution in [-0.4, -0.2) is 22.4 Å². The smallest absolute Gasteiger partial charge is 0.148 e. The van der Waals surface area contributed by atoms with Gasteiger partial charge in [-0.05, 0) is 31.3 Å². The number of anilines is 2. The van der Waals surface area contributed by atoms with Gasteiger partial charge in [0.2, 0.25) is 0 Å². The fourth-order valence-corrected chi connectivity index (χ4v) is 3.98. The molecule has 1 aliphatic rings. The van der Waals surface area contributed by atoms with E-state index in [-0.39, 0.29) is 0 Å². The zero-order valence-corrected chi connectivity index (χ0v) is 12.7. The van der Waals surface area contributed by atoms with Crippen molar-refractivity contribution < 1.29 is 0 Å². The molecular formula is C13H18N4S2. The SMILES string of the molecule is Cc1nc(-c2c(N)nsc2N2CCCCCC2)cs1. The summed E-state index contributed by atoms with van der Waals surface area (Å²) < 4.78 is 4.35. The highest BCUT2D eigenvalue weighted by molar-refractivity contribution is 7.11. The van der Waals surface area contributed by atoms with Gasteiger partial charge in [-0.1, -0.05) is 12.8 Å². The molecule has 4 nitrogen and oxygen atoms in total. The molecule has 0 radical (unpaired) electrons. The minimum Gasteiger partial charge on any atom is -0.382 e. The molecular weight excluding hydrogens is 276 g/mol. The minimum atomic E-state index is 0.620. The fourth-order valence-electron chi connectivity index (χ4n) is 2.50. The van der Waals surface area contributed by atoms with Crippen LogP contribution < -0.4 is 10.6 Å². The lowest BCUT2D eigenvalue weighted by Gasteiger charge is -2.21. The lowest BCUT2D eigenvalue weighted by Crippen LogP contribution is -2.23. The Balaban J connectivity index is 1.97. The van der Waals surface area contributed by atoms with Gasteiger partial charge in [0.05, 0.1) is 16.3 Å². The maximum Gasteiger partial charge on any atom is 0.148 e. The predicted molar refractivity (Wildman–Crippen MR) is 83.1 cm³/mol. The largest absolute Gasteiger partial charge is 0.382 e. The van der Waals surface area contributed by atoms with Gasteiger partial charge in [0.15, 0.2) is 0 Å². The number of nitrogen functional groups attached to an aromatic ring is 1. The van der Waals surface area contributed by atoms with Gasteiger partial charge in [0.25, 0.3) is 0 Å². The Labute approximate surface area is 121 Å². The molecule has 102 valence electrons. The van der Waals surface area contributed by atoms with E-state index in [2.05, 4.69) is 19.6 Å². The number of rotatable bonds is 2. The van der Waals surface area contributed by atoms with E-state index in [1.54, 1.807) is 11.3 Å². The summed E-state index contributed by atoms with van der Waals surface area (Å²) in [4.78, 5) is 7.01. The first-order chi connectivity index (χ1) is 9.25. The second-order valence-electron chi connectivity index (χ2n) is 4.90. The van der Waals surface area contributed by atoms with Crippen LogP contribution in [-0.2, 0) is 0 Å². The van der Waals surface area contributed by atoms with Crippen molar-refractivity contribution in [3.63, 3.8) is 0 Å². The van der Waals surface area contributed by atoms with E-state index >= 15 is 0 Å². The summed E-state index contributed by atoms with van der Waals surface area (Å²) >= 11 is 3.17. The first-order valence-corrected chi connectivity index (χ1v) is 8.33. The summed E-state index contributed by atoms with van der Waals surface area (Å²) in [5.74, 6) is 0.620. The monoisotopic (exact) mass is 294 g/mol. The van der Waals surface area contributed by atoms with Crippen LogP contribution in [0, 0.1) is 6.92 Å². The molecule has 0 saturated carbocycles. The Morgan fingerprint density at radius 3 is 2.58 bits per heavy atom. The van der Waals surface area contributed by atoms with Crippen LogP contribution in [0.25, 0.3) is 11.3 Å². The number of hydrogen-bond acceptors (Lipinski definition) is 6. The van der Waals surface area contributed by atoms with Crippen molar-refractivity contribution in [2.45, 2.75) is 32.6 Å². The van der Waals surface area contributed by atoms with Gasteiger partial charge < -0.3 is 10.6 Å². The molecule has 0 unspecified atom stereocenters. The Bertz CT molecular complexity index is 553. The van der Waals surface area contributed by atoms with Crippen LogP contribution in [0.2, 0.25) is 0 Å². The standard InChI is InChI=1S/C13H18N4S2/c1-9-15-10(8-18-9)11-12(14)16-19-13(11)17-6-4-2-3-5-7-17/h8H,2-7H2,1H3,(H2,14,16). The Kier molecular flexibility index (Phi) is 3.70. The molecule has 1 aliphatic heterocycles. The second kappa shape index (κ2) is 5.46. The summed E-state index contributed by atoms with van der Waals surface area (Å²) in [6, 6.07) is 0. The highest BCUT2D eigenvalue weighted by atomic mass is 32.1. The van der Waals surface area contributed by atoms with E-state index in [9.17, 15) is 0 Å². The average Bonchev–Trinajstić information content (AvgIpc) is 2.86. The zero-order valence-electron chi connectivity index (χ0n) is 11.1. The van der Waals surface area contributed by atoms with Crippen LogP contribution in [0.3, 0.4) is 0 Å². The van der Waals surface area contributed by atoms with E-state index in [0.29, 0.717) is 5.82 Å². The molecule has 19 heavy (non-hydrogen) atoms. The maximum absolute atomic E-state index is 6.07. The third-order valence-electron chi connectivity index (χ3n) is 3.47. The molecule has 0 spiro atoms. The molecule has 6 heteroatoms. The first-order valence-electron chi connectivity index (χ1n) is 6.68. The summed E-state index contributed by atoms with van der Waals surface area (Å²) in [5.41, 5.74) is 8.08. The van der Waals surface area contributed by atoms with Crippen molar-refractivity contribution in [3.8, 4) is 11.3 Å². The highest BCUT2D eigenvalue weighted by Crippen LogP contribution is 2.40. The summed E-state index contributed by atoms with van der Waals surface area (Å²) in [6.45, 7) is 4.24. The van der Waals surface area contributed by atoms with Gasteiger partial charge in [-0.2, -0.15) is 4.37 Å². The van der Waals surface area contributed by atoms with E-state index in [0.717, 1.165) is 29.4 Å². The third kappa shape index (κ3) is 2.60. The van der Waals surface area contributed by atoms with Gasteiger partial charge in [-0.3, -0.25) is 0 Å². The summed E-state index contributed by atoms with van der Waals surface area (Å²) in [5, 5.41) is 4.35. The molecule has 1 saturated heterocycles. The van der Waals surface area contributed by atoms with Crippen LogP contribution in [0.15, 0.2) is 5.38 Å². The van der Waals surface area contributed by atoms with Gasteiger partial charge in [-0.15, -0.1) is 11.3 Å². The predicted octanol–water partition coefficient (Wildman–Crippen LogP) is 3.54. The van der Waals surface area contributed by atoms with Crippen LogP contribution in [0.4, 0.5) is 10.8 Å². The zero-order chi connectivity index (χ0) is 13.2. The second-order valence-corrected chi connectivity index (χ2v) is 6.72. The highest BCUT2D eigenvalue weighted by Gasteiger charge is 2.21. The first kappa shape index (κ1) is 12.9. The van der Waals surface area contributed by atoms with Crippen molar-refractivity contribution in [2.75, 3.05) is 23.7 Å². The lowest BCUT2D eigenvalue weighted by molar-refractivity contribution is 0.726. The topological polar surface area (TPSA) is 55.0 Å². The summed E-state index contributed by atoms with van der Waals surface area (Å²) in [6.07, 6.45) is 5.17. The molecule has 2 aromatic rings. The van der Waals surface area contributed by atoms with Crippen molar-refractivity contribution >= 4 is 33.7 Å². The van der Waals surface area contributed by atoms with E-state index in [1.807, 2.05) is 6.92 Å². The van der Waals surface area contributed by atoms with Crippen LogP contribution in [0.1, 0.15) is 30.7 Å². The number of aryl methyl sites for hydroxylation is 1. The average molecular weight is 294 g/mol. The Morgan fingerprint density at radius 2 is 1.95 bits per heavy atom. The quantitative estimate of drug-likeness (QED) is 0.920. The van der Waals surface area contributed by atoms with E-state index in [1.165, 1.54) is 42.2 Å². The number of nitrogens with zero attached hydrogens (tertiary/aromatic N) is 3. The van der Waals surface area contributed by atoms with Crippen molar-refractivity contribution in [3.05, 3.63) is 10.4 Å². The van der Waals surface area contributed by atoms with Crippen molar-refractivity contribution in [1.29, 1.82) is 0 Å². The number of aromatic nitrogens is 2. The molecule has 0 amide bonds. The van der Waals surface area contributed by atoms with Crippen LogP contribution >= 0.6 is 22.9 Å². The molecule has 0 bridgehead atoms. The normalized spacial score (nSPS) is 16.6. The number of thiazole rings is 1. The minimum absolute atomic E-state index is 0.620. The van der Waals surface area contributed by atoms with Crippen molar-refractivity contribution in [2.24, 2.45) is 0 Å². The molecule has 0 aromatic carbocycles. The van der Waals surface area contributed by atoms with E-state index < -0.39 is 0 Å². The molecule has 1 fully saturated rings. The molecule has 3 heterocycles. The maximum atomic E-state index is 6.07. The van der Waals surface area contributed by atoms with Gasteiger partial charge in [-0.25, -0.2) is 4.98 Å². The number of hydrogen-bond donors (Lipinski definition) is 1. The lowest BCUT2D eigenvalue weighted by atomic mass is 10.2. The van der Waals surface area contributed by atoms with E-state index in [4.69, 9.17) is 5.73 Å². The summed E-state index contributed by atoms with van der Waals surface area (Å²) in [7, 11) is 0. The van der Waals surface area contributed by atoms with Crippen molar-refractivity contribution in [1.82, 2.24) is 9.36 Å². The van der Waals surface area contributed by atoms with Crippen LogP contribution in [0.5, 0.6) is 0 Å². The van der Waals surface area contributed by atoms with Gasteiger partial charge in [0, 0.05) is 18.5 Å². The fraction of sp³-hybridized carbons (Fsp3) is 0.538. The Hall–Kier alpha value is -1.14. The third-order valence-corrected chi connectivity index (χ3v) is 5.17. The van der Waals surface area contributed by atoms with Gasteiger partial charge in [0.1, 0.15) is 10.8 Å². The molecule has 2 aromatic heterocycles. The Morgan fingerprint density at radius 1 is 1.21 bits per heavy atom.